The fraction of sp³-hybridized carbons (Fsp3) is 0.938. The number of carbonyl (C=O) groups excluding carboxylic acids is 1. The van der Waals surface area contributed by atoms with Crippen LogP contribution in [0.15, 0.2) is 0 Å². The van der Waals surface area contributed by atoms with Gasteiger partial charge in [-0.1, -0.05) is 26.7 Å². The topological polar surface area (TPSA) is 41.1 Å². The molecule has 0 aromatic heterocycles. The predicted molar refractivity (Wildman–Crippen MR) is 86.2 cm³/mol. The summed E-state index contributed by atoms with van der Waals surface area (Å²) in [6.07, 6.45) is 8.42. The normalized spacial score (nSPS) is 24.6. The molecule has 1 aliphatic carbocycles. The summed E-state index contributed by atoms with van der Waals surface area (Å²) in [5.41, 5.74) is 0.401. The van der Waals surface area contributed by atoms with Crippen LogP contribution >= 0.6 is 12.4 Å². The Bertz CT molecular complexity index is 295. The molecule has 1 aliphatic heterocycles. The smallest absolute Gasteiger partial charge is 0.220 e. The van der Waals surface area contributed by atoms with E-state index in [0.717, 1.165) is 32.0 Å². The van der Waals surface area contributed by atoms with Crippen LogP contribution in [0.3, 0.4) is 0 Å². The van der Waals surface area contributed by atoms with Crippen molar-refractivity contribution >= 4 is 18.3 Å². The lowest BCUT2D eigenvalue weighted by Gasteiger charge is -2.31. The molecule has 1 saturated carbocycles. The first-order valence-corrected chi connectivity index (χ1v) is 8.07. The van der Waals surface area contributed by atoms with Crippen LogP contribution in [0.25, 0.3) is 0 Å². The van der Waals surface area contributed by atoms with Gasteiger partial charge in [0.1, 0.15) is 0 Å². The number of amides is 1. The van der Waals surface area contributed by atoms with Gasteiger partial charge in [-0.3, -0.25) is 4.79 Å². The minimum atomic E-state index is 0. The molecule has 2 rings (SSSR count). The number of nitrogens with one attached hydrogen (secondary N) is 2. The Morgan fingerprint density at radius 2 is 2.05 bits per heavy atom. The summed E-state index contributed by atoms with van der Waals surface area (Å²) < 4.78 is 0. The molecule has 0 aromatic carbocycles. The summed E-state index contributed by atoms with van der Waals surface area (Å²) >= 11 is 0. The summed E-state index contributed by atoms with van der Waals surface area (Å²) in [6.45, 7) is 7.60. The van der Waals surface area contributed by atoms with Gasteiger partial charge in [-0.25, -0.2) is 0 Å². The van der Waals surface area contributed by atoms with Crippen molar-refractivity contribution in [3.05, 3.63) is 0 Å². The highest BCUT2D eigenvalue weighted by molar-refractivity contribution is 5.85. The van der Waals surface area contributed by atoms with Crippen molar-refractivity contribution in [3.8, 4) is 0 Å². The molecule has 2 N–H and O–H groups in total. The van der Waals surface area contributed by atoms with Gasteiger partial charge in [0.15, 0.2) is 0 Å². The zero-order valence-corrected chi connectivity index (χ0v) is 13.9. The van der Waals surface area contributed by atoms with E-state index in [4.69, 9.17) is 0 Å². The third-order valence-electron chi connectivity index (χ3n) is 4.80. The first-order valence-electron chi connectivity index (χ1n) is 8.07. The van der Waals surface area contributed by atoms with Crippen LogP contribution in [0, 0.1) is 17.3 Å². The maximum absolute atomic E-state index is 12.0. The van der Waals surface area contributed by atoms with Crippen molar-refractivity contribution in [1.82, 2.24) is 10.6 Å². The maximum Gasteiger partial charge on any atom is 0.220 e. The average Bonchev–Trinajstić information content (AvgIpc) is 2.98. The van der Waals surface area contributed by atoms with E-state index in [1.807, 2.05) is 0 Å². The van der Waals surface area contributed by atoms with Gasteiger partial charge in [-0.2, -0.15) is 0 Å². The van der Waals surface area contributed by atoms with Crippen LogP contribution in [0.4, 0.5) is 0 Å². The second kappa shape index (κ2) is 8.23. The molecule has 118 valence electrons. The fourth-order valence-electron chi connectivity index (χ4n) is 3.95. The van der Waals surface area contributed by atoms with Crippen molar-refractivity contribution in [2.24, 2.45) is 17.3 Å². The van der Waals surface area contributed by atoms with Crippen molar-refractivity contribution in [1.29, 1.82) is 0 Å². The van der Waals surface area contributed by atoms with E-state index in [-0.39, 0.29) is 18.3 Å². The number of carbonyl (C=O) groups is 1. The summed E-state index contributed by atoms with van der Waals surface area (Å²) in [6, 6.07) is 0. The molecular formula is C16H31ClN2O. The van der Waals surface area contributed by atoms with E-state index in [9.17, 15) is 4.79 Å². The quantitative estimate of drug-likeness (QED) is 0.791. The van der Waals surface area contributed by atoms with Crippen molar-refractivity contribution in [2.75, 3.05) is 19.6 Å². The highest BCUT2D eigenvalue weighted by Gasteiger charge is 2.34. The summed E-state index contributed by atoms with van der Waals surface area (Å²) in [5.74, 6) is 1.56. The molecule has 4 heteroatoms. The molecule has 1 unspecified atom stereocenters. The van der Waals surface area contributed by atoms with E-state index in [1.165, 1.54) is 32.1 Å². The Morgan fingerprint density at radius 1 is 1.35 bits per heavy atom. The summed E-state index contributed by atoms with van der Waals surface area (Å²) in [4.78, 5) is 12.0. The van der Waals surface area contributed by atoms with Crippen molar-refractivity contribution in [3.63, 3.8) is 0 Å². The van der Waals surface area contributed by atoms with Crippen LogP contribution in [-0.4, -0.2) is 25.5 Å². The number of halogens is 1. The molecule has 1 amide bonds. The minimum absolute atomic E-state index is 0. The second-order valence-corrected chi connectivity index (χ2v) is 7.14. The third kappa shape index (κ3) is 5.25. The van der Waals surface area contributed by atoms with E-state index in [1.54, 1.807) is 0 Å². The minimum Gasteiger partial charge on any atom is -0.356 e. The highest BCUT2D eigenvalue weighted by Crippen LogP contribution is 2.42. The first kappa shape index (κ1) is 17.8. The predicted octanol–water partition coefficient (Wildman–Crippen LogP) is 3.13. The summed E-state index contributed by atoms with van der Waals surface area (Å²) in [5, 5.41) is 6.56. The van der Waals surface area contributed by atoms with Crippen LogP contribution in [0.5, 0.6) is 0 Å². The molecule has 0 bridgehead atoms. The molecule has 0 spiro atoms. The van der Waals surface area contributed by atoms with Gasteiger partial charge < -0.3 is 10.6 Å². The lowest BCUT2D eigenvalue weighted by molar-refractivity contribution is -0.122. The van der Waals surface area contributed by atoms with Gasteiger partial charge >= 0.3 is 0 Å². The Morgan fingerprint density at radius 3 is 2.60 bits per heavy atom. The Kier molecular flexibility index (Phi) is 7.32. The van der Waals surface area contributed by atoms with Gasteiger partial charge in [0, 0.05) is 13.0 Å². The van der Waals surface area contributed by atoms with Gasteiger partial charge in [0.05, 0.1) is 0 Å². The standard InChI is InChI=1S/C16H30N2O.ClH/c1-13(2)10-16(6-3-4-7-16)12-18-15(19)9-14-5-8-17-11-14;/h13-14,17H,3-12H2,1-2H3,(H,18,19);1H. The Hall–Kier alpha value is -0.280. The van der Waals surface area contributed by atoms with E-state index in [0.29, 0.717) is 17.8 Å². The molecule has 2 aliphatic rings. The Balaban J connectivity index is 0.00000200. The molecule has 3 nitrogen and oxygen atoms in total. The van der Waals surface area contributed by atoms with E-state index < -0.39 is 0 Å². The second-order valence-electron chi connectivity index (χ2n) is 7.14. The molecule has 20 heavy (non-hydrogen) atoms. The first-order chi connectivity index (χ1) is 9.10. The van der Waals surface area contributed by atoms with Gasteiger partial charge in [0.25, 0.3) is 0 Å². The van der Waals surface area contributed by atoms with E-state index in [2.05, 4.69) is 24.5 Å². The average molecular weight is 303 g/mol. The van der Waals surface area contributed by atoms with Crippen LogP contribution in [-0.2, 0) is 4.79 Å². The molecule has 2 fully saturated rings. The van der Waals surface area contributed by atoms with Gasteiger partial charge in [0.2, 0.25) is 5.91 Å². The maximum atomic E-state index is 12.0. The van der Waals surface area contributed by atoms with Crippen molar-refractivity contribution in [2.45, 2.75) is 58.8 Å². The summed E-state index contributed by atoms with van der Waals surface area (Å²) in [7, 11) is 0. The molecule has 1 heterocycles. The fourth-order valence-corrected chi connectivity index (χ4v) is 3.95. The van der Waals surface area contributed by atoms with E-state index >= 15 is 0 Å². The number of hydrogen-bond donors (Lipinski definition) is 2. The van der Waals surface area contributed by atoms with Crippen LogP contribution < -0.4 is 10.6 Å². The largest absolute Gasteiger partial charge is 0.356 e. The molecule has 1 saturated heterocycles. The monoisotopic (exact) mass is 302 g/mol. The molecule has 1 atom stereocenters. The zero-order chi connectivity index (χ0) is 13.7. The molecule has 0 radical (unpaired) electrons. The highest BCUT2D eigenvalue weighted by atomic mass is 35.5. The zero-order valence-electron chi connectivity index (χ0n) is 13.0. The third-order valence-corrected chi connectivity index (χ3v) is 4.80. The van der Waals surface area contributed by atoms with Gasteiger partial charge in [-0.05, 0) is 56.0 Å². The number of rotatable bonds is 6. The number of hydrogen-bond acceptors (Lipinski definition) is 2. The SMILES string of the molecule is CC(C)CC1(CNC(=O)CC2CCNC2)CCCC1.Cl. The van der Waals surface area contributed by atoms with Crippen molar-refractivity contribution < 1.29 is 4.79 Å². The Labute approximate surface area is 130 Å². The lowest BCUT2D eigenvalue weighted by Crippen LogP contribution is -2.37. The molecule has 0 aromatic rings. The van der Waals surface area contributed by atoms with Gasteiger partial charge in [-0.15, -0.1) is 12.4 Å². The van der Waals surface area contributed by atoms with Crippen LogP contribution in [0.2, 0.25) is 0 Å². The lowest BCUT2D eigenvalue weighted by atomic mass is 9.78. The van der Waals surface area contributed by atoms with Crippen LogP contribution in [0.1, 0.15) is 58.8 Å². The molecular weight excluding hydrogens is 272 g/mol.